The highest BCUT2D eigenvalue weighted by Gasteiger charge is 2.27. The minimum Gasteiger partial charge on any atom is -0.383 e. The summed E-state index contributed by atoms with van der Waals surface area (Å²) in [4.78, 5) is 22.8. The quantitative estimate of drug-likeness (QED) is 0.716. The molecule has 0 spiro atoms. The number of fused-ring (bicyclic) bond motifs is 1. The van der Waals surface area contributed by atoms with Gasteiger partial charge in [0, 0.05) is 45.1 Å². The number of nitrogens with one attached hydrogen (secondary N) is 1. The summed E-state index contributed by atoms with van der Waals surface area (Å²) in [5.74, 6) is 2.51. The van der Waals surface area contributed by atoms with Gasteiger partial charge in [-0.05, 0) is 12.8 Å². The highest BCUT2D eigenvalue weighted by atomic mass is 16.5. The second-order valence-electron chi connectivity index (χ2n) is 6.26. The van der Waals surface area contributed by atoms with Gasteiger partial charge in [-0.25, -0.2) is 9.97 Å². The van der Waals surface area contributed by atoms with E-state index in [9.17, 15) is 0 Å². The minimum atomic E-state index is 0.248. The van der Waals surface area contributed by atoms with Crippen molar-refractivity contribution in [3.8, 4) is 0 Å². The number of aromatic nitrogens is 6. The molecule has 4 rings (SSSR count). The number of imidazole rings is 2. The third-order valence-electron chi connectivity index (χ3n) is 4.65. The molecule has 3 N–H and O–H groups in total. The lowest BCUT2D eigenvalue weighted by atomic mass is 9.97. The molecule has 1 aliphatic rings. The maximum absolute atomic E-state index is 5.87. The molecule has 1 saturated heterocycles. The van der Waals surface area contributed by atoms with E-state index in [1.165, 1.54) is 0 Å². The molecule has 3 aromatic heterocycles. The topological polar surface area (TPSA) is 111 Å². The molecule has 0 amide bonds. The SMILES string of the molecule is COCCn1ccnc1C1CCCN(c2nc(N)nc3nc[nH]c23)C1. The van der Waals surface area contributed by atoms with E-state index in [-0.39, 0.29) is 5.95 Å². The number of aromatic amines is 1. The van der Waals surface area contributed by atoms with Gasteiger partial charge < -0.3 is 24.9 Å². The van der Waals surface area contributed by atoms with Crippen molar-refractivity contribution < 1.29 is 4.74 Å². The molecule has 0 aliphatic carbocycles. The number of nitrogen functional groups attached to an aromatic ring is 1. The molecule has 4 heterocycles. The van der Waals surface area contributed by atoms with Gasteiger partial charge >= 0.3 is 0 Å². The molecule has 1 fully saturated rings. The number of hydrogen-bond acceptors (Lipinski definition) is 7. The van der Waals surface area contributed by atoms with Crippen LogP contribution in [0.25, 0.3) is 11.2 Å². The van der Waals surface area contributed by atoms with E-state index in [4.69, 9.17) is 10.5 Å². The first kappa shape index (κ1) is 15.8. The van der Waals surface area contributed by atoms with Crippen LogP contribution in [0.15, 0.2) is 18.7 Å². The largest absolute Gasteiger partial charge is 0.383 e. The molecule has 1 aliphatic heterocycles. The van der Waals surface area contributed by atoms with E-state index in [1.807, 2.05) is 12.4 Å². The van der Waals surface area contributed by atoms with Crippen molar-refractivity contribution in [3.63, 3.8) is 0 Å². The van der Waals surface area contributed by atoms with E-state index >= 15 is 0 Å². The summed E-state index contributed by atoms with van der Waals surface area (Å²) in [6.07, 6.45) is 7.68. The lowest BCUT2D eigenvalue weighted by Crippen LogP contribution is -2.36. The molecule has 3 aromatic rings. The van der Waals surface area contributed by atoms with Gasteiger partial charge in [0.2, 0.25) is 5.95 Å². The van der Waals surface area contributed by atoms with Crippen LogP contribution in [0.2, 0.25) is 0 Å². The van der Waals surface area contributed by atoms with Gasteiger partial charge in [-0.1, -0.05) is 0 Å². The van der Waals surface area contributed by atoms with Crippen LogP contribution in [0.3, 0.4) is 0 Å². The molecular formula is C16H22N8O. The Morgan fingerprint density at radius 2 is 2.28 bits per heavy atom. The Hall–Kier alpha value is -2.68. The van der Waals surface area contributed by atoms with Crippen LogP contribution in [0.1, 0.15) is 24.6 Å². The molecule has 25 heavy (non-hydrogen) atoms. The van der Waals surface area contributed by atoms with E-state index in [0.717, 1.165) is 49.6 Å². The van der Waals surface area contributed by atoms with Gasteiger partial charge in [-0.3, -0.25) is 0 Å². The summed E-state index contributed by atoms with van der Waals surface area (Å²) in [6.45, 7) is 3.26. The third-order valence-corrected chi connectivity index (χ3v) is 4.65. The predicted molar refractivity (Wildman–Crippen MR) is 94.4 cm³/mol. The van der Waals surface area contributed by atoms with Gasteiger partial charge in [0.05, 0.1) is 12.9 Å². The average molecular weight is 342 g/mol. The van der Waals surface area contributed by atoms with Crippen molar-refractivity contribution in [2.45, 2.75) is 25.3 Å². The van der Waals surface area contributed by atoms with Crippen LogP contribution < -0.4 is 10.6 Å². The van der Waals surface area contributed by atoms with Gasteiger partial charge in [0.25, 0.3) is 0 Å². The Balaban J connectivity index is 1.61. The van der Waals surface area contributed by atoms with Gasteiger partial charge in [0.1, 0.15) is 11.3 Å². The maximum Gasteiger partial charge on any atom is 0.224 e. The fourth-order valence-electron chi connectivity index (χ4n) is 3.50. The van der Waals surface area contributed by atoms with Gasteiger partial charge in [0.15, 0.2) is 11.5 Å². The number of ether oxygens (including phenoxy) is 1. The summed E-state index contributed by atoms with van der Waals surface area (Å²) in [6, 6.07) is 0. The lowest BCUT2D eigenvalue weighted by molar-refractivity contribution is 0.185. The van der Waals surface area contributed by atoms with E-state index in [1.54, 1.807) is 13.4 Å². The molecule has 132 valence electrons. The zero-order chi connectivity index (χ0) is 17.2. The van der Waals surface area contributed by atoms with Crippen LogP contribution in [0.5, 0.6) is 0 Å². The number of nitrogens with two attached hydrogens (primary N) is 1. The first-order valence-corrected chi connectivity index (χ1v) is 8.47. The highest BCUT2D eigenvalue weighted by molar-refractivity contribution is 5.84. The Bertz CT molecular complexity index is 857. The van der Waals surface area contributed by atoms with Crippen molar-refractivity contribution >= 4 is 22.9 Å². The normalized spacial score (nSPS) is 18.1. The predicted octanol–water partition coefficient (Wildman–Crippen LogP) is 1.16. The minimum absolute atomic E-state index is 0.248. The molecule has 1 unspecified atom stereocenters. The fourth-order valence-corrected chi connectivity index (χ4v) is 3.50. The molecule has 0 bridgehead atoms. The monoisotopic (exact) mass is 342 g/mol. The number of H-pyrrole nitrogens is 1. The zero-order valence-electron chi connectivity index (χ0n) is 14.2. The molecule has 0 saturated carbocycles. The van der Waals surface area contributed by atoms with Crippen LogP contribution in [0, 0.1) is 0 Å². The molecular weight excluding hydrogens is 320 g/mol. The smallest absolute Gasteiger partial charge is 0.224 e. The van der Waals surface area contributed by atoms with Crippen molar-refractivity contribution in [1.82, 2.24) is 29.5 Å². The number of anilines is 2. The summed E-state index contributed by atoms with van der Waals surface area (Å²) in [5.41, 5.74) is 7.30. The molecule has 0 radical (unpaired) electrons. The molecule has 1 atom stereocenters. The fraction of sp³-hybridized carbons (Fsp3) is 0.500. The lowest BCUT2D eigenvalue weighted by Gasteiger charge is -2.33. The first-order chi connectivity index (χ1) is 12.3. The highest BCUT2D eigenvalue weighted by Crippen LogP contribution is 2.31. The number of hydrogen-bond donors (Lipinski definition) is 2. The second-order valence-corrected chi connectivity index (χ2v) is 6.26. The van der Waals surface area contributed by atoms with Crippen molar-refractivity contribution in [1.29, 1.82) is 0 Å². The van der Waals surface area contributed by atoms with Crippen LogP contribution in [-0.4, -0.2) is 56.3 Å². The number of nitrogens with zero attached hydrogens (tertiary/aromatic N) is 6. The summed E-state index contributed by atoms with van der Waals surface area (Å²) >= 11 is 0. The van der Waals surface area contributed by atoms with Crippen LogP contribution in [-0.2, 0) is 11.3 Å². The van der Waals surface area contributed by atoms with Crippen molar-refractivity contribution in [2.24, 2.45) is 0 Å². The average Bonchev–Trinajstić information content (AvgIpc) is 3.28. The number of methoxy groups -OCH3 is 1. The van der Waals surface area contributed by atoms with Gasteiger partial charge in [-0.2, -0.15) is 9.97 Å². The van der Waals surface area contributed by atoms with Crippen molar-refractivity contribution in [3.05, 3.63) is 24.5 Å². The van der Waals surface area contributed by atoms with E-state index < -0.39 is 0 Å². The first-order valence-electron chi connectivity index (χ1n) is 8.47. The third kappa shape index (κ3) is 3.02. The molecule has 0 aromatic carbocycles. The zero-order valence-corrected chi connectivity index (χ0v) is 14.2. The summed E-state index contributed by atoms with van der Waals surface area (Å²) in [7, 11) is 1.72. The van der Waals surface area contributed by atoms with Crippen molar-refractivity contribution in [2.75, 3.05) is 37.4 Å². The number of rotatable bonds is 5. The number of piperidine rings is 1. The Morgan fingerprint density at radius 1 is 1.36 bits per heavy atom. The van der Waals surface area contributed by atoms with Crippen LogP contribution >= 0.6 is 0 Å². The standard InChI is InChI=1S/C16H22N8O/c1-25-8-7-23-6-4-18-14(23)11-3-2-5-24(9-11)15-12-13(20-10-19-12)21-16(17)22-15/h4,6,10-11H,2-3,5,7-9H2,1H3,(H3,17,19,20,21,22). The second kappa shape index (κ2) is 6.67. The summed E-state index contributed by atoms with van der Waals surface area (Å²) in [5, 5.41) is 0. The van der Waals surface area contributed by atoms with Gasteiger partial charge in [-0.15, -0.1) is 0 Å². The molecule has 9 heteroatoms. The Morgan fingerprint density at radius 3 is 3.16 bits per heavy atom. The Labute approximate surface area is 145 Å². The maximum atomic E-state index is 5.87. The van der Waals surface area contributed by atoms with Crippen LogP contribution in [0.4, 0.5) is 11.8 Å². The molecule has 9 nitrogen and oxygen atoms in total. The summed E-state index contributed by atoms with van der Waals surface area (Å²) < 4.78 is 7.38. The van der Waals surface area contributed by atoms with E-state index in [2.05, 4.69) is 34.4 Å². The van der Waals surface area contributed by atoms with E-state index in [0.29, 0.717) is 18.2 Å². The Kier molecular flexibility index (Phi) is 4.22.